The van der Waals surface area contributed by atoms with Gasteiger partial charge in [-0.2, -0.15) is 0 Å². The molecular weight excluding hydrogens is 797 g/mol. The van der Waals surface area contributed by atoms with Crippen LogP contribution in [0.3, 0.4) is 0 Å². The predicted octanol–water partition coefficient (Wildman–Crippen LogP) is 20.6. The van der Waals surface area contributed by atoms with Crippen molar-refractivity contribution < 1.29 is 0 Å². The molecule has 5 aromatic heterocycles. The first-order valence-corrected chi connectivity index (χ1v) is 28.2. The molecule has 0 aliphatic carbocycles. The van der Waals surface area contributed by atoms with E-state index in [-0.39, 0.29) is 0 Å². The van der Waals surface area contributed by atoms with E-state index in [1.807, 2.05) is 22.7 Å². The van der Waals surface area contributed by atoms with Crippen LogP contribution in [0.4, 0.5) is 0 Å². The molecule has 0 saturated carbocycles. The summed E-state index contributed by atoms with van der Waals surface area (Å²) in [6, 6.07) is 15.1. The van der Waals surface area contributed by atoms with Crippen molar-refractivity contribution in [3.05, 3.63) is 68.9 Å². The minimum atomic E-state index is 1.20. The van der Waals surface area contributed by atoms with Crippen LogP contribution in [0, 0.1) is 6.92 Å². The van der Waals surface area contributed by atoms with Crippen molar-refractivity contribution >= 4 is 56.7 Å². The molecule has 0 bridgehead atoms. The molecule has 5 heteroatoms. The number of aryl methyl sites for hydroxylation is 5. The van der Waals surface area contributed by atoms with Crippen molar-refractivity contribution in [1.82, 2.24) is 0 Å². The van der Waals surface area contributed by atoms with Gasteiger partial charge in [-0.25, -0.2) is 0 Å². The lowest BCUT2D eigenvalue weighted by atomic mass is 10.0. The summed E-state index contributed by atoms with van der Waals surface area (Å²) in [6.07, 6.45) is 37.4. The summed E-state index contributed by atoms with van der Waals surface area (Å²) in [4.78, 5) is 13.6. The van der Waals surface area contributed by atoms with Gasteiger partial charge >= 0.3 is 0 Å². The van der Waals surface area contributed by atoms with Gasteiger partial charge in [-0.05, 0) is 122 Å². The summed E-state index contributed by atoms with van der Waals surface area (Å²) in [6.45, 7) is 11.6. The lowest BCUT2D eigenvalue weighted by molar-refractivity contribution is 0.608. The molecule has 0 aromatic carbocycles. The highest BCUT2D eigenvalue weighted by Crippen LogP contribution is 2.49. The van der Waals surface area contributed by atoms with Crippen molar-refractivity contribution in [3.63, 3.8) is 0 Å². The topological polar surface area (TPSA) is 0 Å². The summed E-state index contributed by atoms with van der Waals surface area (Å²) >= 11 is 10.3. The monoisotopic (exact) mass is 874 g/mol. The fourth-order valence-electron chi connectivity index (χ4n) is 8.54. The summed E-state index contributed by atoms with van der Waals surface area (Å²) < 4.78 is 0. The van der Waals surface area contributed by atoms with Crippen molar-refractivity contribution in [2.75, 3.05) is 0 Å². The molecule has 0 spiro atoms. The first kappa shape index (κ1) is 47.5. The lowest BCUT2D eigenvalue weighted by Gasteiger charge is -2.04. The van der Waals surface area contributed by atoms with Crippen LogP contribution in [0.1, 0.15) is 209 Å². The zero-order chi connectivity index (χ0) is 40.8. The molecule has 0 atom stereocenters. The minimum Gasteiger partial charge on any atom is -0.143 e. The highest BCUT2D eigenvalue weighted by molar-refractivity contribution is 7.29. The average Bonchev–Trinajstić information content (AvgIpc) is 4.08. The Balaban J connectivity index is 1.40. The first-order valence-electron chi connectivity index (χ1n) is 24.1. The Kier molecular flexibility index (Phi) is 22.5. The van der Waals surface area contributed by atoms with Crippen LogP contribution >= 0.6 is 56.7 Å². The highest BCUT2D eigenvalue weighted by atomic mass is 32.1. The molecule has 0 fully saturated rings. The van der Waals surface area contributed by atoms with Crippen LogP contribution in [-0.4, -0.2) is 0 Å². The van der Waals surface area contributed by atoms with Crippen LogP contribution in [0.15, 0.2) is 41.8 Å². The van der Waals surface area contributed by atoms with Crippen molar-refractivity contribution in [2.45, 2.75) is 214 Å². The van der Waals surface area contributed by atoms with E-state index >= 15 is 0 Å². The van der Waals surface area contributed by atoms with Crippen LogP contribution in [-0.2, 0) is 25.7 Å². The molecule has 0 aliphatic rings. The van der Waals surface area contributed by atoms with E-state index in [9.17, 15) is 0 Å². The first-order chi connectivity index (χ1) is 28.6. The van der Waals surface area contributed by atoms with Crippen LogP contribution < -0.4 is 0 Å². The van der Waals surface area contributed by atoms with Gasteiger partial charge in [0.1, 0.15) is 0 Å². The SMILES string of the molecule is CCCCCCCCc1ccsc1-c1cc(CCCCCCCC)c(-c2ccc(-c3sc(-c4sc(C)cc4CCCCCCCC)cc3CCCCCCCC)s2)s1. The number of hydrogen-bond donors (Lipinski definition) is 0. The van der Waals surface area contributed by atoms with Gasteiger partial charge in [0.05, 0.1) is 0 Å². The Bertz CT molecular complexity index is 1820. The second-order valence-electron chi connectivity index (χ2n) is 17.2. The summed E-state index contributed by atoms with van der Waals surface area (Å²) in [5.41, 5.74) is 6.36. The van der Waals surface area contributed by atoms with Crippen LogP contribution in [0.2, 0.25) is 0 Å². The second kappa shape index (κ2) is 27.4. The molecule has 5 rings (SSSR count). The zero-order valence-electron chi connectivity index (χ0n) is 37.4. The maximum absolute atomic E-state index is 2.62. The second-order valence-corrected chi connectivity index (χ2v) is 22.5. The van der Waals surface area contributed by atoms with Gasteiger partial charge in [-0.15, -0.1) is 56.7 Å². The van der Waals surface area contributed by atoms with Gasteiger partial charge in [0, 0.05) is 43.9 Å². The van der Waals surface area contributed by atoms with Gasteiger partial charge in [0.15, 0.2) is 0 Å². The Morgan fingerprint density at radius 1 is 0.328 bits per heavy atom. The summed E-state index contributed by atoms with van der Waals surface area (Å²) in [7, 11) is 0. The molecule has 5 heterocycles. The van der Waals surface area contributed by atoms with Crippen molar-refractivity contribution in [1.29, 1.82) is 0 Å². The van der Waals surface area contributed by atoms with Gasteiger partial charge in [-0.1, -0.05) is 156 Å². The highest BCUT2D eigenvalue weighted by Gasteiger charge is 2.21. The number of unbranched alkanes of at least 4 members (excludes halogenated alkanes) is 20. The Hall–Kier alpha value is -1.50. The fourth-order valence-corrected chi connectivity index (χ4v) is 14.6. The van der Waals surface area contributed by atoms with Gasteiger partial charge in [-0.3, -0.25) is 0 Å². The molecular formula is C53H78S5. The fraction of sp³-hybridized carbons (Fsp3) is 0.623. The molecule has 0 N–H and O–H groups in total. The quantitative estimate of drug-likeness (QED) is 0.0378. The lowest BCUT2D eigenvalue weighted by Crippen LogP contribution is -1.87. The van der Waals surface area contributed by atoms with Crippen molar-refractivity contribution in [2.24, 2.45) is 0 Å². The Morgan fingerprint density at radius 3 is 1.14 bits per heavy atom. The van der Waals surface area contributed by atoms with Crippen molar-refractivity contribution in [3.8, 4) is 39.0 Å². The maximum Gasteiger partial charge on any atom is 0.0481 e. The minimum absolute atomic E-state index is 1.20. The smallest absolute Gasteiger partial charge is 0.0481 e. The van der Waals surface area contributed by atoms with E-state index in [1.165, 1.54) is 209 Å². The van der Waals surface area contributed by atoms with E-state index in [4.69, 9.17) is 0 Å². The molecule has 5 aromatic rings. The van der Waals surface area contributed by atoms with E-state index in [1.54, 1.807) is 36.9 Å². The molecule has 0 saturated heterocycles. The molecule has 320 valence electrons. The molecule has 0 amide bonds. The zero-order valence-corrected chi connectivity index (χ0v) is 41.5. The Labute approximate surface area is 376 Å². The normalized spacial score (nSPS) is 11.7. The third-order valence-corrected chi connectivity index (χ3v) is 18.2. The number of hydrogen-bond acceptors (Lipinski definition) is 5. The number of thiophene rings is 5. The van der Waals surface area contributed by atoms with Crippen LogP contribution in [0.25, 0.3) is 39.0 Å². The molecule has 0 unspecified atom stereocenters. The third-order valence-electron chi connectivity index (χ3n) is 12.0. The molecule has 0 aliphatic heterocycles. The largest absolute Gasteiger partial charge is 0.143 e. The maximum atomic E-state index is 2.62. The standard InChI is InChI=1S/C53H78S5/c1-6-10-14-18-22-26-30-42-36-37-54-50(42)48-39-44(32-28-24-20-16-12-8-3)51(57-48)46-34-35-47(56-46)52-45(33-29-25-21-17-13-9-4)40-49(58-52)53-43(38-41(5)55-53)31-27-23-19-15-11-7-2/h34-40H,6-33H2,1-5H3. The van der Waals surface area contributed by atoms with Gasteiger partial charge < -0.3 is 0 Å². The van der Waals surface area contributed by atoms with E-state index < -0.39 is 0 Å². The summed E-state index contributed by atoms with van der Waals surface area (Å²) in [5.74, 6) is 0. The molecule has 58 heavy (non-hydrogen) atoms. The molecule has 0 radical (unpaired) electrons. The third kappa shape index (κ3) is 15.1. The number of rotatable bonds is 32. The van der Waals surface area contributed by atoms with Crippen LogP contribution in [0.5, 0.6) is 0 Å². The average molecular weight is 876 g/mol. The van der Waals surface area contributed by atoms with E-state index in [0.29, 0.717) is 0 Å². The van der Waals surface area contributed by atoms with E-state index in [0.717, 1.165) is 0 Å². The van der Waals surface area contributed by atoms with E-state index in [2.05, 4.69) is 110 Å². The van der Waals surface area contributed by atoms with Gasteiger partial charge in [0.25, 0.3) is 0 Å². The molecule has 0 nitrogen and oxygen atoms in total. The Morgan fingerprint density at radius 2 is 0.690 bits per heavy atom. The summed E-state index contributed by atoms with van der Waals surface area (Å²) in [5, 5.41) is 2.35. The van der Waals surface area contributed by atoms with Gasteiger partial charge in [0.2, 0.25) is 0 Å². The predicted molar refractivity (Wildman–Crippen MR) is 271 cm³/mol.